The van der Waals surface area contributed by atoms with Crippen molar-refractivity contribution in [3.8, 4) is 0 Å². The number of aliphatic imine (C=N–C) groups is 1. The molecule has 2 aliphatic rings. The van der Waals surface area contributed by atoms with Crippen molar-refractivity contribution in [2.45, 2.75) is 11.3 Å². The zero-order valence-corrected chi connectivity index (χ0v) is 14.3. The summed E-state index contributed by atoms with van der Waals surface area (Å²) in [4.78, 5) is 17.5. The highest BCUT2D eigenvalue weighted by Gasteiger charge is 2.38. The first-order valence-corrected chi connectivity index (χ1v) is 9.55. The van der Waals surface area contributed by atoms with Gasteiger partial charge in [-0.15, -0.1) is 0 Å². The fourth-order valence-electron chi connectivity index (χ4n) is 3.48. The quantitative estimate of drug-likeness (QED) is 0.664. The molecule has 0 atom stereocenters. The number of sulfonamides is 1. The second-order valence-corrected chi connectivity index (χ2v) is 7.86. The van der Waals surface area contributed by atoms with Gasteiger partial charge in [0, 0.05) is 17.5 Å². The Morgan fingerprint density at radius 2 is 1.73 bits per heavy atom. The van der Waals surface area contributed by atoms with Gasteiger partial charge >= 0.3 is 0 Å². The molecule has 0 amide bonds. The maximum atomic E-state index is 12.8. The van der Waals surface area contributed by atoms with Crippen LogP contribution in [0.1, 0.15) is 22.3 Å². The van der Waals surface area contributed by atoms with Crippen LogP contribution >= 0.6 is 0 Å². The van der Waals surface area contributed by atoms with Crippen molar-refractivity contribution in [3.05, 3.63) is 71.8 Å². The van der Waals surface area contributed by atoms with Crippen LogP contribution in [-0.4, -0.2) is 25.6 Å². The zero-order chi connectivity index (χ0) is 17.9. The number of hydrogen-bond acceptors (Lipinski definition) is 4. The number of carbonyl (C=O) groups excluding carboxylic acids is 1. The normalized spacial score (nSPS) is 18.8. The molecule has 5 nitrogen and oxygen atoms in total. The number of nitrogens with zero attached hydrogens (tertiary/aromatic N) is 2. The highest BCUT2D eigenvalue weighted by molar-refractivity contribution is 7.90. The standard InChI is InChI=1S/C20H12N2O3S/c23-20-15-6-3-7-18-19(15)16(22-26(18,24)25)11-17(20)21-14-9-8-12-4-1-2-5-13(12)10-14/h1-10H,11H2. The van der Waals surface area contributed by atoms with E-state index in [-0.39, 0.29) is 17.1 Å². The number of ketones is 1. The highest BCUT2D eigenvalue weighted by atomic mass is 32.2. The third-order valence-corrected chi connectivity index (χ3v) is 6.02. The molecule has 1 aliphatic carbocycles. The lowest BCUT2D eigenvalue weighted by atomic mass is 9.87. The minimum Gasteiger partial charge on any atom is -0.287 e. The first-order valence-electron chi connectivity index (χ1n) is 8.11. The summed E-state index contributed by atoms with van der Waals surface area (Å²) >= 11 is 0. The number of carbonyl (C=O) groups is 1. The van der Waals surface area contributed by atoms with Gasteiger partial charge in [-0.3, -0.25) is 4.79 Å². The van der Waals surface area contributed by atoms with Gasteiger partial charge in [0.25, 0.3) is 10.0 Å². The average molecular weight is 360 g/mol. The fourth-order valence-corrected chi connectivity index (χ4v) is 4.76. The molecule has 6 heteroatoms. The SMILES string of the molecule is O=C1C(=Nc2ccc3ccccc3c2)CC2=NS(=O)(=O)c3cccc1c32. The van der Waals surface area contributed by atoms with Crippen LogP contribution < -0.4 is 0 Å². The van der Waals surface area contributed by atoms with Crippen LogP contribution in [0.25, 0.3) is 10.8 Å². The molecular formula is C20H12N2O3S. The topological polar surface area (TPSA) is 75.9 Å². The monoisotopic (exact) mass is 360 g/mol. The summed E-state index contributed by atoms with van der Waals surface area (Å²) in [5.41, 5.74) is 2.16. The Morgan fingerprint density at radius 3 is 2.58 bits per heavy atom. The molecule has 1 aliphatic heterocycles. The molecule has 1 heterocycles. The van der Waals surface area contributed by atoms with Crippen molar-refractivity contribution in [2.24, 2.45) is 9.39 Å². The molecule has 0 unspecified atom stereocenters. The Balaban J connectivity index is 1.66. The van der Waals surface area contributed by atoms with Crippen molar-refractivity contribution in [1.29, 1.82) is 0 Å². The average Bonchev–Trinajstić information content (AvgIpc) is 2.90. The first kappa shape index (κ1) is 15.2. The van der Waals surface area contributed by atoms with Crippen LogP contribution in [0.15, 0.2) is 74.9 Å². The summed E-state index contributed by atoms with van der Waals surface area (Å²) in [7, 11) is -3.72. The molecule has 0 aromatic heterocycles. The molecule has 0 radical (unpaired) electrons. The number of rotatable bonds is 1. The van der Waals surface area contributed by atoms with E-state index in [4.69, 9.17) is 0 Å². The summed E-state index contributed by atoms with van der Waals surface area (Å²) in [6.07, 6.45) is 0.120. The van der Waals surface area contributed by atoms with Crippen molar-refractivity contribution >= 4 is 43.7 Å². The minimum atomic E-state index is -3.72. The molecule has 0 fully saturated rings. The van der Waals surface area contributed by atoms with Gasteiger partial charge in [0.05, 0.1) is 22.0 Å². The number of fused-ring (bicyclic) bond motifs is 1. The second kappa shape index (κ2) is 5.19. The summed E-state index contributed by atoms with van der Waals surface area (Å²) in [6, 6.07) is 18.3. The third-order valence-electron chi connectivity index (χ3n) is 4.66. The molecule has 126 valence electrons. The van der Waals surface area contributed by atoms with Crippen LogP contribution in [0.5, 0.6) is 0 Å². The smallest absolute Gasteiger partial charge is 0.283 e. The second-order valence-electron chi connectivity index (χ2n) is 6.29. The van der Waals surface area contributed by atoms with E-state index in [0.29, 0.717) is 28.2 Å². The van der Waals surface area contributed by atoms with Crippen molar-refractivity contribution < 1.29 is 13.2 Å². The molecule has 0 N–H and O–H groups in total. The van der Waals surface area contributed by atoms with E-state index in [1.165, 1.54) is 6.07 Å². The molecule has 26 heavy (non-hydrogen) atoms. The Morgan fingerprint density at radius 1 is 0.923 bits per heavy atom. The van der Waals surface area contributed by atoms with Gasteiger partial charge < -0.3 is 0 Å². The van der Waals surface area contributed by atoms with Gasteiger partial charge in [0.1, 0.15) is 0 Å². The minimum absolute atomic E-state index is 0.114. The molecule has 0 saturated heterocycles. The molecule has 0 saturated carbocycles. The molecule has 3 aromatic carbocycles. The van der Waals surface area contributed by atoms with Gasteiger partial charge in [-0.2, -0.15) is 12.8 Å². The summed E-state index contributed by atoms with van der Waals surface area (Å²) in [5.74, 6) is -0.244. The Kier molecular flexibility index (Phi) is 3.02. The van der Waals surface area contributed by atoms with Gasteiger partial charge in [-0.05, 0) is 29.0 Å². The zero-order valence-electron chi connectivity index (χ0n) is 13.5. The van der Waals surface area contributed by atoms with E-state index < -0.39 is 10.0 Å². The van der Waals surface area contributed by atoms with Gasteiger partial charge in [-0.25, -0.2) is 4.99 Å². The van der Waals surface area contributed by atoms with Gasteiger partial charge in [-0.1, -0.05) is 42.5 Å². The van der Waals surface area contributed by atoms with Crippen LogP contribution in [0.3, 0.4) is 0 Å². The summed E-state index contributed by atoms with van der Waals surface area (Å²) < 4.78 is 28.2. The lowest BCUT2D eigenvalue weighted by Gasteiger charge is -2.16. The van der Waals surface area contributed by atoms with Crippen molar-refractivity contribution in [2.75, 3.05) is 0 Å². The number of benzene rings is 3. The molecular weight excluding hydrogens is 348 g/mol. The molecule has 0 bridgehead atoms. The van der Waals surface area contributed by atoms with Crippen molar-refractivity contribution in [3.63, 3.8) is 0 Å². The number of Topliss-reactive ketones (excluding diaryl/α,β-unsaturated/α-hetero) is 1. The largest absolute Gasteiger partial charge is 0.287 e. The van der Waals surface area contributed by atoms with E-state index >= 15 is 0 Å². The van der Waals surface area contributed by atoms with E-state index in [2.05, 4.69) is 9.39 Å². The Labute approximate surface area is 149 Å². The third kappa shape index (κ3) is 2.16. The van der Waals surface area contributed by atoms with E-state index in [0.717, 1.165) is 10.8 Å². The van der Waals surface area contributed by atoms with Crippen LogP contribution in [0.2, 0.25) is 0 Å². The lowest BCUT2D eigenvalue weighted by Crippen LogP contribution is -2.26. The van der Waals surface area contributed by atoms with Crippen molar-refractivity contribution in [1.82, 2.24) is 0 Å². The highest BCUT2D eigenvalue weighted by Crippen LogP contribution is 2.34. The first-order chi connectivity index (χ1) is 12.5. The Bertz CT molecular complexity index is 1290. The predicted molar refractivity (Wildman–Crippen MR) is 100 cm³/mol. The van der Waals surface area contributed by atoms with E-state index in [9.17, 15) is 13.2 Å². The summed E-state index contributed by atoms with van der Waals surface area (Å²) in [6.45, 7) is 0. The van der Waals surface area contributed by atoms with Crippen LogP contribution in [-0.2, 0) is 10.0 Å². The molecule has 5 rings (SSSR count). The molecule has 0 spiro atoms. The fraction of sp³-hybridized carbons (Fsp3) is 0.0500. The maximum Gasteiger partial charge on any atom is 0.283 e. The lowest BCUT2D eigenvalue weighted by molar-refractivity contribution is 0.106. The predicted octanol–water partition coefficient (Wildman–Crippen LogP) is 3.69. The number of hydrogen-bond donors (Lipinski definition) is 0. The van der Waals surface area contributed by atoms with Crippen LogP contribution in [0.4, 0.5) is 5.69 Å². The van der Waals surface area contributed by atoms with Gasteiger partial charge in [0.2, 0.25) is 5.78 Å². The van der Waals surface area contributed by atoms with Crippen LogP contribution in [0, 0.1) is 0 Å². The van der Waals surface area contributed by atoms with E-state index in [1.54, 1.807) is 12.1 Å². The molecule has 3 aromatic rings. The van der Waals surface area contributed by atoms with E-state index in [1.807, 2.05) is 42.5 Å². The Hall–Kier alpha value is -3.12. The van der Waals surface area contributed by atoms with Gasteiger partial charge in [0.15, 0.2) is 0 Å². The maximum absolute atomic E-state index is 12.8. The summed E-state index contributed by atoms with van der Waals surface area (Å²) in [5, 5.41) is 2.12.